The van der Waals surface area contributed by atoms with E-state index < -0.39 is 0 Å². The van der Waals surface area contributed by atoms with E-state index in [0.29, 0.717) is 0 Å². The normalized spacial score (nSPS) is 27.4. The van der Waals surface area contributed by atoms with Gasteiger partial charge in [0.1, 0.15) is 6.10 Å². The van der Waals surface area contributed by atoms with Gasteiger partial charge < -0.3 is 9.47 Å². The number of nitriles is 1. The van der Waals surface area contributed by atoms with Gasteiger partial charge in [-0.05, 0) is 6.07 Å². The number of halogens is 1. The van der Waals surface area contributed by atoms with Gasteiger partial charge in [0.05, 0.1) is 10.5 Å². The number of nitrogens with zero attached hydrogens (tertiary/aromatic N) is 2. The summed E-state index contributed by atoms with van der Waals surface area (Å²) in [7, 11) is 3.24. The van der Waals surface area contributed by atoms with Gasteiger partial charge in [0.2, 0.25) is 0 Å². The summed E-state index contributed by atoms with van der Waals surface area (Å²) < 4.78 is 10.9. The zero-order chi connectivity index (χ0) is 12.4. The van der Waals surface area contributed by atoms with Gasteiger partial charge in [-0.25, -0.2) is 0 Å². The number of benzene rings is 1. The summed E-state index contributed by atoms with van der Waals surface area (Å²) in [5.41, 5.74) is 1.83. The average molecular weight is 297 g/mol. The molecule has 17 heavy (non-hydrogen) atoms. The van der Waals surface area contributed by atoms with Crippen molar-refractivity contribution in [2.75, 3.05) is 19.1 Å². The van der Waals surface area contributed by atoms with E-state index in [1.165, 1.54) is 0 Å². The number of alkyl halides is 1. The SMILES string of the molecule is COC1c2ccccc2N(C#N)C(OC)C1Br. The molecule has 0 spiro atoms. The zero-order valence-corrected chi connectivity index (χ0v) is 11.2. The van der Waals surface area contributed by atoms with Crippen LogP contribution < -0.4 is 4.90 Å². The molecule has 1 aromatic carbocycles. The molecular formula is C12H13BrN2O2. The van der Waals surface area contributed by atoms with E-state index in [1.807, 2.05) is 24.3 Å². The summed E-state index contributed by atoms with van der Waals surface area (Å²) in [6, 6.07) is 7.70. The molecule has 0 amide bonds. The van der Waals surface area contributed by atoms with Gasteiger partial charge in [-0.3, -0.25) is 4.90 Å². The quantitative estimate of drug-likeness (QED) is 0.621. The number of hydrogen-bond donors (Lipinski definition) is 0. The topological polar surface area (TPSA) is 45.5 Å². The minimum atomic E-state index is -0.361. The highest BCUT2D eigenvalue weighted by atomic mass is 79.9. The molecule has 0 aliphatic carbocycles. The van der Waals surface area contributed by atoms with Crippen molar-refractivity contribution in [3.05, 3.63) is 29.8 Å². The van der Waals surface area contributed by atoms with Gasteiger partial charge in [0.25, 0.3) is 0 Å². The standard InChI is InChI=1S/C12H13BrN2O2/c1-16-11-8-5-3-4-6-9(8)15(7-14)12(17-2)10(11)13/h3-6,10-12H,1-2H3. The van der Waals surface area contributed by atoms with Crippen LogP contribution in [0, 0.1) is 11.5 Å². The highest BCUT2D eigenvalue weighted by Crippen LogP contribution is 2.41. The Balaban J connectivity index is 2.54. The van der Waals surface area contributed by atoms with Crippen LogP contribution in [0.15, 0.2) is 24.3 Å². The highest BCUT2D eigenvalue weighted by Gasteiger charge is 2.40. The van der Waals surface area contributed by atoms with Crippen molar-refractivity contribution in [2.24, 2.45) is 0 Å². The fourth-order valence-corrected chi connectivity index (χ4v) is 3.10. The Kier molecular flexibility index (Phi) is 3.67. The lowest BCUT2D eigenvalue weighted by atomic mass is 9.97. The van der Waals surface area contributed by atoms with Gasteiger partial charge in [0.15, 0.2) is 12.4 Å². The van der Waals surface area contributed by atoms with Crippen LogP contribution in [0.1, 0.15) is 11.7 Å². The van der Waals surface area contributed by atoms with E-state index in [2.05, 4.69) is 22.1 Å². The molecule has 90 valence electrons. The Morgan fingerprint density at radius 1 is 1.29 bits per heavy atom. The maximum Gasteiger partial charge on any atom is 0.186 e. The molecule has 2 rings (SSSR count). The van der Waals surface area contributed by atoms with Gasteiger partial charge in [-0.15, -0.1) is 0 Å². The maximum atomic E-state index is 9.25. The second-order valence-corrected chi connectivity index (χ2v) is 4.81. The zero-order valence-electron chi connectivity index (χ0n) is 9.63. The van der Waals surface area contributed by atoms with E-state index in [-0.39, 0.29) is 17.2 Å². The molecule has 1 aliphatic heterocycles. The predicted molar refractivity (Wildman–Crippen MR) is 67.8 cm³/mol. The summed E-state index contributed by atoms with van der Waals surface area (Å²) in [6.07, 6.45) is 1.67. The molecule has 0 saturated carbocycles. The number of anilines is 1. The van der Waals surface area contributed by atoms with Crippen LogP contribution in [-0.2, 0) is 9.47 Å². The molecule has 5 heteroatoms. The van der Waals surface area contributed by atoms with E-state index in [0.717, 1.165) is 11.3 Å². The van der Waals surface area contributed by atoms with Gasteiger partial charge in [-0.1, -0.05) is 34.1 Å². The third kappa shape index (κ3) is 1.93. The first kappa shape index (κ1) is 12.4. The second kappa shape index (κ2) is 5.05. The molecule has 0 radical (unpaired) electrons. The number of hydrogen-bond acceptors (Lipinski definition) is 4. The highest BCUT2D eigenvalue weighted by molar-refractivity contribution is 9.09. The molecule has 4 nitrogen and oxygen atoms in total. The van der Waals surface area contributed by atoms with Gasteiger partial charge in [-0.2, -0.15) is 5.26 Å². The van der Waals surface area contributed by atoms with Gasteiger partial charge in [0, 0.05) is 19.8 Å². The Bertz CT molecular complexity index is 446. The maximum absolute atomic E-state index is 9.25. The molecule has 1 heterocycles. The van der Waals surface area contributed by atoms with Crippen molar-refractivity contribution in [3.8, 4) is 6.19 Å². The summed E-state index contributed by atoms with van der Waals surface area (Å²) >= 11 is 3.55. The van der Waals surface area contributed by atoms with Crippen LogP contribution in [-0.4, -0.2) is 25.3 Å². The number of rotatable bonds is 2. The minimum Gasteiger partial charge on any atom is -0.375 e. The molecule has 0 saturated heterocycles. The first-order valence-corrected chi connectivity index (χ1v) is 6.13. The van der Waals surface area contributed by atoms with E-state index in [4.69, 9.17) is 9.47 Å². The fraction of sp³-hybridized carbons (Fsp3) is 0.417. The third-order valence-corrected chi connectivity index (χ3v) is 3.85. The van der Waals surface area contributed by atoms with Crippen LogP contribution >= 0.6 is 15.9 Å². The lowest BCUT2D eigenvalue weighted by Crippen LogP contribution is -2.47. The van der Waals surface area contributed by atoms with E-state index in [9.17, 15) is 5.26 Å². The molecule has 0 fully saturated rings. The Morgan fingerprint density at radius 3 is 2.59 bits per heavy atom. The molecule has 1 aliphatic rings. The largest absolute Gasteiger partial charge is 0.375 e. The number of methoxy groups -OCH3 is 2. The van der Waals surface area contributed by atoms with Crippen molar-refractivity contribution < 1.29 is 9.47 Å². The molecule has 0 aromatic heterocycles. The van der Waals surface area contributed by atoms with E-state index >= 15 is 0 Å². The number of ether oxygens (including phenoxy) is 2. The monoisotopic (exact) mass is 296 g/mol. The summed E-state index contributed by atoms with van der Waals surface area (Å²) in [4.78, 5) is 1.47. The summed E-state index contributed by atoms with van der Waals surface area (Å²) in [5.74, 6) is 0. The molecule has 1 aromatic rings. The van der Waals surface area contributed by atoms with Crippen molar-refractivity contribution in [1.82, 2.24) is 0 Å². The van der Waals surface area contributed by atoms with Crippen LogP contribution in [0.5, 0.6) is 0 Å². The Morgan fingerprint density at radius 2 is 2.00 bits per heavy atom. The third-order valence-electron chi connectivity index (χ3n) is 2.92. The number of para-hydroxylation sites is 1. The van der Waals surface area contributed by atoms with E-state index in [1.54, 1.807) is 19.1 Å². The first-order chi connectivity index (χ1) is 8.24. The van der Waals surface area contributed by atoms with Crippen molar-refractivity contribution >= 4 is 21.6 Å². The Hall–Kier alpha value is -1.09. The van der Waals surface area contributed by atoms with Crippen LogP contribution in [0.3, 0.4) is 0 Å². The average Bonchev–Trinajstić information content (AvgIpc) is 2.37. The summed E-state index contributed by atoms with van der Waals surface area (Å²) in [5, 5.41) is 9.25. The smallest absolute Gasteiger partial charge is 0.186 e. The molecule has 3 atom stereocenters. The molecule has 0 bridgehead atoms. The molecular weight excluding hydrogens is 284 g/mol. The lowest BCUT2D eigenvalue weighted by Gasteiger charge is -2.39. The van der Waals surface area contributed by atoms with Crippen molar-refractivity contribution in [3.63, 3.8) is 0 Å². The fourth-order valence-electron chi connectivity index (χ4n) is 2.15. The Labute approximate surface area is 109 Å². The van der Waals surface area contributed by atoms with Gasteiger partial charge >= 0.3 is 0 Å². The molecule has 3 unspecified atom stereocenters. The predicted octanol–water partition coefficient (Wildman–Crippen LogP) is 2.41. The van der Waals surface area contributed by atoms with Crippen LogP contribution in [0.25, 0.3) is 0 Å². The first-order valence-electron chi connectivity index (χ1n) is 5.22. The molecule has 0 N–H and O–H groups in total. The second-order valence-electron chi connectivity index (χ2n) is 3.76. The van der Waals surface area contributed by atoms with Crippen LogP contribution in [0.4, 0.5) is 5.69 Å². The summed E-state index contributed by atoms with van der Waals surface area (Å²) in [6.45, 7) is 0. The van der Waals surface area contributed by atoms with Crippen molar-refractivity contribution in [1.29, 1.82) is 5.26 Å². The van der Waals surface area contributed by atoms with Crippen LogP contribution in [0.2, 0.25) is 0 Å². The number of fused-ring (bicyclic) bond motifs is 1. The van der Waals surface area contributed by atoms with Crippen molar-refractivity contribution in [2.45, 2.75) is 17.2 Å². The lowest BCUT2D eigenvalue weighted by molar-refractivity contribution is 0.0264. The minimum absolute atomic E-state index is 0.0907.